The van der Waals surface area contributed by atoms with Gasteiger partial charge in [-0.25, -0.2) is 9.78 Å². The molecule has 1 atom stereocenters. The fourth-order valence-electron chi connectivity index (χ4n) is 2.80. The number of aromatic nitrogens is 3. The van der Waals surface area contributed by atoms with Gasteiger partial charge in [-0.15, -0.1) is 0 Å². The minimum atomic E-state index is -0.186. The highest BCUT2D eigenvalue weighted by Crippen LogP contribution is 2.27. The van der Waals surface area contributed by atoms with E-state index >= 15 is 0 Å². The van der Waals surface area contributed by atoms with E-state index in [0.717, 1.165) is 36.5 Å². The van der Waals surface area contributed by atoms with E-state index in [1.165, 1.54) is 5.56 Å². The van der Waals surface area contributed by atoms with E-state index in [1.54, 1.807) is 0 Å². The van der Waals surface area contributed by atoms with Crippen LogP contribution in [0.15, 0.2) is 24.4 Å². The van der Waals surface area contributed by atoms with Gasteiger partial charge >= 0.3 is 6.03 Å². The minimum Gasteiger partial charge on any atom is -0.363 e. The standard InChI is InChI=1S/C16H22N6O/c1-22(2)14-8-4-6-12(19-14)10-17-16(23)20-13-7-3-5-11-9-18-21-15(11)13/h4,6,8-9,13H,3,5,7,10H2,1-2H3,(H,18,21)(H2,17,20,23)/t13-/m1/s1. The molecule has 1 aliphatic carbocycles. The van der Waals surface area contributed by atoms with E-state index in [4.69, 9.17) is 0 Å². The van der Waals surface area contributed by atoms with Crippen molar-refractivity contribution >= 4 is 11.8 Å². The zero-order chi connectivity index (χ0) is 16.2. The van der Waals surface area contributed by atoms with E-state index in [2.05, 4.69) is 25.8 Å². The second-order valence-electron chi connectivity index (χ2n) is 5.96. The van der Waals surface area contributed by atoms with Gasteiger partial charge in [-0.3, -0.25) is 5.10 Å². The molecule has 0 unspecified atom stereocenters. The van der Waals surface area contributed by atoms with Crippen LogP contribution in [0.1, 0.15) is 35.8 Å². The first kappa shape index (κ1) is 15.3. The van der Waals surface area contributed by atoms with Crippen molar-refractivity contribution in [1.29, 1.82) is 0 Å². The smallest absolute Gasteiger partial charge is 0.315 e. The number of amides is 2. The number of nitrogens with one attached hydrogen (secondary N) is 3. The fourth-order valence-corrected chi connectivity index (χ4v) is 2.80. The monoisotopic (exact) mass is 314 g/mol. The van der Waals surface area contributed by atoms with Crippen LogP contribution in [0.5, 0.6) is 0 Å². The molecule has 0 spiro atoms. The lowest BCUT2D eigenvalue weighted by Crippen LogP contribution is -2.39. The summed E-state index contributed by atoms with van der Waals surface area (Å²) < 4.78 is 0. The van der Waals surface area contributed by atoms with Gasteiger partial charge < -0.3 is 15.5 Å². The summed E-state index contributed by atoms with van der Waals surface area (Å²) in [5.41, 5.74) is 3.05. The number of fused-ring (bicyclic) bond motifs is 1. The van der Waals surface area contributed by atoms with E-state index in [-0.39, 0.29) is 12.1 Å². The fraction of sp³-hybridized carbons (Fsp3) is 0.438. The first-order chi connectivity index (χ1) is 11.1. The van der Waals surface area contributed by atoms with Gasteiger partial charge in [-0.05, 0) is 37.0 Å². The van der Waals surface area contributed by atoms with Gasteiger partial charge in [-0.2, -0.15) is 5.10 Å². The summed E-state index contributed by atoms with van der Waals surface area (Å²) >= 11 is 0. The van der Waals surface area contributed by atoms with Crippen LogP contribution in [0.2, 0.25) is 0 Å². The maximum absolute atomic E-state index is 12.1. The molecule has 1 aliphatic rings. The molecule has 2 amide bonds. The third-order valence-electron chi connectivity index (χ3n) is 4.02. The molecule has 3 N–H and O–H groups in total. The average molecular weight is 314 g/mol. The van der Waals surface area contributed by atoms with Crippen LogP contribution in [0.25, 0.3) is 0 Å². The summed E-state index contributed by atoms with van der Waals surface area (Å²) in [5.74, 6) is 0.874. The van der Waals surface area contributed by atoms with Gasteiger partial charge in [0.2, 0.25) is 0 Å². The van der Waals surface area contributed by atoms with Gasteiger partial charge in [-0.1, -0.05) is 6.07 Å². The molecule has 0 aromatic carbocycles. The topological polar surface area (TPSA) is 85.9 Å². The summed E-state index contributed by atoms with van der Waals surface area (Å²) in [6.07, 6.45) is 4.85. The van der Waals surface area contributed by atoms with Gasteiger partial charge in [0.1, 0.15) is 5.82 Å². The second kappa shape index (κ2) is 6.68. The van der Waals surface area contributed by atoms with E-state index in [9.17, 15) is 4.79 Å². The number of carbonyl (C=O) groups is 1. The number of hydrogen-bond acceptors (Lipinski definition) is 4. The number of carbonyl (C=O) groups excluding carboxylic acids is 1. The van der Waals surface area contributed by atoms with Crippen molar-refractivity contribution in [1.82, 2.24) is 25.8 Å². The van der Waals surface area contributed by atoms with Crippen LogP contribution in [0.3, 0.4) is 0 Å². The lowest BCUT2D eigenvalue weighted by Gasteiger charge is -2.23. The molecule has 0 saturated heterocycles. The first-order valence-electron chi connectivity index (χ1n) is 7.83. The number of nitrogens with zero attached hydrogens (tertiary/aromatic N) is 3. The molecule has 7 nitrogen and oxygen atoms in total. The Kier molecular flexibility index (Phi) is 4.45. The Morgan fingerprint density at radius 3 is 3.13 bits per heavy atom. The lowest BCUT2D eigenvalue weighted by atomic mass is 9.94. The molecule has 0 aliphatic heterocycles. The van der Waals surface area contributed by atoms with Crippen molar-refractivity contribution in [2.45, 2.75) is 31.8 Å². The zero-order valence-electron chi connectivity index (χ0n) is 13.5. The Bertz CT molecular complexity index is 681. The molecule has 3 rings (SSSR count). The number of pyridine rings is 1. The molecule has 0 radical (unpaired) electrons. The van der Waals surface area contributed by atoms with Gasteiger partial charge in [0.25, 0.3) is 0 Å². The van der Waals surface area contributed by atoms with Crippen LogP contribution in [-0.4, -0.2) is 35.3 Å². The molecule has 0 fully saturated rings. The van der Waals surface area contributed by atoms with Crippen molar-refractivity contribution < 1.29 is 4.79 Å². The van der Waals surface area contributed by atoms with Crippen LogP contribution >= 0.6 is 0 Å². The summed E-state index contributed by atoms with van der Waals surface area (Å²) in [4.78, 5) is 18.6. The number of rotatable bonds is 4. The molecule has 0 saturated carbocycles. The number of H-pyrrole nitrogens is 1. The number of anilines is 1. The Balaban J connectivity index is 1.56. The molecular weight excluding hydrogens is 292 g/mol. The predicted octanol–water partition coefficient (Wildman–Crippen LogP) is 1.75. The second-order valence-corrected chi connectivity index (χ2v) is 5.96. The molecule has 2 aromatic heterocycles. The summed E-state index contributed by atoms with van der Waals surface area (Å²) in [5, 5.41) is 12.9. The van der Waals surface area contributed by atoms with Crippen molar-refractivity contribution in [2.75, 3.05) is 19.0 Å². The number of urea groups is 1. The molecular formula is C16H22N6O. The highest BCUT2D eigenvalue weighted by Gasteiger charge is 2.23. The molecule has 7 heteroatoms. The highest BCUT2D eigenvalue weighted by molar-refractivity contribution is 5.74. The molecule has 122 valence electrons. The zero-order valence-corrected chi connectivity index (χ0v) is 13.5. The van der Waals surface area contributed by atoms with Crippen molar-refractivity contribution in [3.05, 3.63) is 41.3 Å². The molecule has 2 heterocycles. The van der Waals surface area contributed by atoms with Crippen molar-refractivity contribution in [3.8, 4) is 0 Å². The summed E-state index contributed by atoms with van der Waals surface area (Å²) in [7, 11) is 3.88. The number of aromatic amines is 1. The van der Waals surface area contributed by atoms with Crippen LogP contribution < -0.4 is 15.5 Å². The average Bonchev–Trinajstić information content (AvgIpc) is 3.03. The first-order valence-corrected chi connectivity index (χ1v) is 7.83. The maximum Gasteiger partial charge on any atom is 0.315 e. The Morgan fingerprint density at radius 2 is 2.30 bits per heavy atom. The van der Waals surface area contributed by atoms with Crippen molar-refractivity contribution in [3.63, 3.8) is 0 Å². The quantitative estimate of drug-likeness (QED) is 0.802. The Morgan fingerprint density at radius 1 is 1.43 bits per heavy atom. The maximum atomic E-state index is 12.1. The van der Waals surface area contributed by atoms with Crippen molar-refractivity contribution in [2.24, 2.45) is 0 Å². The Labute approximate surface area is 135 Å². The SMILES string of the molecule is CN(C)c1cccc(CNC(=O)N[C@@H]2CCCc3cn[nH]c32)n1. The Hall–Kier alpha value is -2.57. The molecule has 2 aromatic rings. The van der Waals surface area contributed by atoms with Crippen LogP contribution in [-0.2, 0) is 13.0 Å². The number of hydrogen-bond donors (Lipinski definition) is 3. The third-order valence-corrected chi connectivity index (χ3v) is 4.02. The lowest BCUT2D eigenvalue weighted by molar-refractivity contribution is 0.234. The summed E-state index contributed by atoms with van der Waals surface area (Å²) in [6, 6.07) is 5.60. The number of aryl methyl sites for hydroxylation is 1. The normalized spacial score (nSPS) is 16.5. The van der Waals surface area contributed by atoms with Gasteiger partial charge in [0, 0.05) is 14.1 Å². The van der Waals surface area contributed by atoms with Crippen LogP contribution in [0.4, 0.5) is 10.6 Å². The van der Waals surface area contributed by atoms with E-state index in [1.807, 2.05) is 43.4 Å². The summed E-state index contributed by atoms with van der Waals surface area (Å²) in [6.45, 7) is 0.399. The third kappa shape index (κ3) is 3.61. The highest BCUT2D eigenvalue weighted by atomic mass is 16.2. The predicted molar refractivity (Wildman–Crippen MR) is 88.2 cm³/mol. The van der Waals surface area contributed by atoms with E-state index in [0.29, 0.717) is 6.54 Å². The van der Waals surface area contributed by atoms with Gasteiger partial charge in [0.15, 0.2) is 0 Å². The van der Waals surface area contributed by atoms with Gasteiger partial charge in [0.05, 0.1) is 30.2 Å². The van der Waals surface area contributed by atoms with E-state index < -0.39 is 0 Å². The largest absolute Gasteiger partial charge is 0.363 e. The molecule has 23 heavy (non-hydrogen) atoms. The minimum absolute atomic E-state index is 0.00215. The molecule has 0 bridgehead atoms. The van der Waals surface area contributed by atoms with Crippen LogP contribution in [0, 0.1) is 0 Å².